The normalized spacial score (nSPS) is 14.6. The molecule has 0 atom stereocenters. The van der Waals surface area contributed by atoms with Crippen LogP contribution in [-0.2, 0) is 13.2 Å². The molecule has 0 spiro atoms. The third kappa shape index (κ3) is 5.48. The second-order valence-electron chi connectivity index (χ2n) is 8.34. The first-order chi connectivity index (χ1) is 16.4. The summed E-state index contributed by atoms with van der Waals surface area (Å²) < 4.78 is 21.7. The monoisotopic (exact) mass is 467 g/mol. The van der Waals surface area contributed by atoms with Crippen LogP contribution in [0.25, 0.3) is 0 Å². The van der Waals surface area contributed by atoms with Gasteiger partial charge in [0.1, 0.15) is 35.7 Å². The Kier molecular flexibility index (Phi) is 7.32. The molecule has 180 valence electrons. The standard InChI is InChI=1S/C25H29N3O6/c1-17-24(18(2)34-26-17)25(30)28-9-5-8-27(10-11-28)14-21-13-22(29)23(16-32-21)33-15-19-6-4-7-20(12-19)31-3/h4,6-7,12-13,16H,5,8-11,14-15H2,1-3H3. The summed E-state index contributed by atoms with van der Waals surface area (Å²) in [7, 11) is 1.60. The molecule has 34 heavy (non-hydrogen) atoms. The number of carbonyl (C=O) groups excluding carboxylic acids is 1. The highest BCUT2D eigenvalue weighted by Crippen LogP contribution is 2.18. The molecule has 0 radical (unpaired) electrons. The van der Waals surface area contributed by atoms with E-state index in [1.807, 2.05) is 29.2 Å². The molecule has 3 heterocycles. The van der Waals surface area contributed by atoms with E-state index in [-0.39, 0.29) is 23.7 Å². The Morgan fingerprint density at radius 3 is 2.74 bits per heavy atom. The molecule has 0 N–H and O–H groups in total. The topological polar surface area (TPSA) is 98.2 Å². The maximum Gasteiger partial charge on any atom is 0.259 e. The lowest BCUT2D eigenvalue weighted by Crippen LogP contribution is -2.35. The van der Waals surface area contributed by atoms with Crippen LogP contribution in [0.5, 0.6) is 11.5 Å². The number of nitrogens with zero attached hydrogens (tertiary/aromatic N) is 3. The fraction of sp³-hybridized carbons (Fsp3) is 0.400. The zero-order chi connectivity index (χ0) is 24.1. The van der Waals surface area contributed by atoms with Gasteiger partial charge in [0.2, 0.25) is 11.2 Å². The molecule has 9 nitrogen and oxygen atoms in total. The molecule has 3 aromatic rings. The first kappa shape index (κ1) is 23.6. The van der Waals surface area contributed by atoms with Crippen LogP contribution in [0.3, 0.4) is 0 Å². The summed E-state index contributed by atoms with van der Waals surface area (Å²) in [6.07, 6.45) is 2.18. The Bertz CT molecular complexity index is 1180. The van der Waals surface area contributed by atoms with E-state index in [9.17, 15) is 9.59 Å². The van der Waals surface area contributed by atoms with Gasteiger partial charge in [0, 0.05) is 32.2 Å². The summed E-state index contributed by atoms with van der Waals surface area (Å²) in [4.78, 5) is 29.5. The lowest BCUT2D eigenvalue weighted by molar-refractivity contribution is 0.0758. The van der Waals surface area contributed by atoms with E-state index in [1.165, 1.54) is 12.3 Å². The molecule has 0 bridgehead atoms. The van der Waals surface area contributed by atoms with Crippen LogP contribution in [0, 0.1) is 13.8 Å². The van der Waals surface area contributed by atoms with Crippen molar-refractivity contribution < 1.29 is 23.2 Å². The van der Waals surface area contributed by atoms with Crippen molar-refractivity contribution in [3.8, 4) is 11.5 Å². The first-order valence-electron chi connectivity index (χ1n) is 11.3. The lowest BCUT2D eigenvalue weighted by Gasteiger charge is -2.21. The molecule has 2 aromatic heterocycles. The van der Waals surface area contributed by atoms with Crippen molar-refractivity contribution in [1.82, 2.24) is 15.0 Å². The van der Waals surface area contributed by atoms with Crippen LogP contribution >= 0.6 is 0 Å². The highest BCUT2D eigenvalue weighted by atomic mass is 16.5. The van der Waals surface area contributed by atoms with Gasteiger partial charge in [-0.1, -0.05) is 17.3 Å². The van der Waals surface area contributed by atoms with E-state index in [0.717, 1.165) is 24.3 Å². The minimum Gasteiger partial charge on any atom is -0.497 e. The zero-order valence-electron chi connectivity index (χ0n) is 19.7. The van der Waals surface area contributed by atoms with Crippen LogP contribution in [-0.4, -0.2) is 54.2 Å². The molecule has 4 rings (SSSR count). The summed E-state index contributed by atoms with van der Waals surface area (Å²) in [5.74, 6) is 1.94. The fourth-order valence-corrected chi connectivity index (χ4v) is 4.05. The minimum absolute atomic E-state index is 0.0535. The zero-order valence-corrected chi connectivity index (χ0v) is 19.7. The molecule has 1 fully saturated rings. The number of amides is 1. The third-order valence-electron chi connectivity index (χ3n) is 5.88. The van der Waals surface area contributed by atoms with Crippen molar-refractivity contribution in [2.75, 3.05) is 33.3 Å². The number of methoxy groups -OCH3 is 1. The van der Waals surface area contributed by atoms with E-state index < -0.39 is 0 Å². The molecule has 1 saturated heterocycles. The van der Waals surface area contributed by atoms with Crippen molar-refractivity contribution in [2.45, 2.75) is 33.4 Å². The number of aryl methyl sites for hydroxylation is 2. The maximum atomic E-state index is 12.9. The second kappa shape index (κ2) is 10.6. The Labute approximate surface area is 197 Å². The van der Waals surface area contributed by atoms with Gasteiger partial charge in [-0.05, 0) is 38.0 Å². The highest BCUT2D eigenvalue weighted by molar-refractivity contribution is 5.96. The number of hydrogen-bond acceptors (Lipinski definition) is 8. The summed E-state index contributed by atoms with van der Waals surface area (Å²) in [5, 5.41) is 3.89. The van der Waals surface area contributed by atoms with Gasteiger partial charge in [0.15, 0.2) is 0 Å². The molecule has 0 unspecified atom stereocenters. The van der Waals surface area contributed by atoms with Crippen molar-refractivity contribution >= 4 is 5.91 Å². The van der Waals surface area contributed by atoms with Gasteiger partial charge in [-0.2, -0.15) is 0 Å². The molecule has 1 aliphatic heterocycles. The quantitative estimate of drug-likeness (QED) is 0.523. The van der Waals surface area contributed by atoms with Gasteiger partial charge in [-0.15, -0.1) is 0 Å². The van der Waals surface area contributed by atoms with Crippen LogP contribution in [0.1, 0.15) is 39.6 Å². The van der Waals surface area contributed by atoms with Gasteiger partial charge in [0.25, 0.3) is 5.91 Å². The lowest BCUT2D eigenvalue weighted by atomic mass is 10.1. The van der Waals surface area contributed by atoms with Gasteiger partial charge in [0.05, 0.1) is 19.3 Å². The van der Waals surface area contributed by atoms with Crippen molar-refractivity contribution in [3.05, 3.63) is 75.2 Å². The van der Waals surface area contributed by atoms with Gasteiger partial charge in [-0.25, -0.2) is 0 Å². The predicted molar refractivity (Wildman–Crippen MR) is 124 cm³/mol. The number of aromatic nitrogens is 1. The van der Waals surface area contributed by atoms with Gasteiger partial charge >= 0.3 is 0 Å². The molecule has 1 aliphatic rings. The largest absolute Gasteiger partial charge is 0.497 e. The average Bonchev–Trinajstić information content (AvgIpc) is 3.02. The third-order valence-corrected chi connectivity index (χ3v) is 5.88. The number of hydrogen-bond donors (Lipinski definition) is 0. The molecular formula is C25H29N3O6. The average molecular weight is 468 g/mol. The van der Waals surface area contributed by atoms with Crippen LogP contribution < -0.4 is 14.9 Å². The second-order valence-corrected chi connectivity index (χ2v) is 8.34. The van der Waals surface area contributed by atoms with Crippen LogP contribution in [0.15, 0.2) is 50.3 Å². The van der Waals surface area contributed by atoms with E-state index in [4.69, 9.17) is 18.4 Å². The Balaban J connectivity index is 1.33. The van der Waals surface area contributed by atoms with Gasteiger partial charge in [-0.3, -0.25) is 14.5 Å². The Morgan fingerprint density at radius 1 is 1.15 bits per heavy atom. The summed E-state index contributed by atoms with van der Waals surface area (Å²) >= 11 is 0. The van der Waals surface area contributed by atoms with E-state index in [2.05, 4.69) is 10.1 Å². The number of ether oxygens (including phenoxy) is 2. The summed E-state index contributed by atoms with van der Waals surface area (Å²) in [6, 6.07) is 8.94. The number of carbonyl (C=O) groups is 1. The Morgan fingerprint density at radius 2 is 2.00 bits per heavy atom. The molecule has 1 amide bonds. The predicted octanol–water partition coefficient (Wildman–Crippen LogP) is 3.18. The minimum atomic E-state index is -0.228. The van der Waals surface area contributed by atoms with Crippen LogP contribution in [0.2, 0.25) is 0 Å². The van der Waals surface area contributed by atoms with E-state index in [1.54, 1.807) is 21.0 Å². The van der Waals surface area contributed by atoms with Crippen molar-refractivity contribution in [1.29, 1.82) is 0 Å². The molecule has 0 aliphatic carbocycles. The molecule has 0 saturated carbocycles. The van der Waals surface area contributed by atoms with Gasteiger partial charge < -0.3 is 23.3 Å². The number of benzene rings is 1. The summed E-state index contributed by atoms with van der Waals surface area (Å²) in [5.41, 5.74) is 1.82. The summed E-state index contributed by atoms with van der Waals surface area (Å²) in [6.45, 7) is 6.95. The maximum absolute atomic E-state index is 12.9. The fourth-order valence-electron chi connectivity index (χ4n) is 4.05. The Hall–Kier alpha value is -3.59. The van der Waals surface area contributed by atoms with E-state index >= 15 is 0 Å². The first-order valence-corrected chi connectivity index (χ1v) is 11.3. The van der Waals surface area contributed by atoms with E-state index in [0.29, 0.717) is 49.0 Å². The number of rotatable bonds is 7. The van der Waals surface area contributed by atoms with Crippen molar-refractivity contribution in [3.63, 3.8) is 0 Å². The van der Waals surface area contributed by atoms with Crippen LogP contribution in [0.4, 0.5) is 0 Å². The molecular weight excluding hydrogens is 438 g/mol. The molecule has 9 heteroatoms. The SMILES string of the molecule is COc1cccc(COc2coc(CN3CCCN(C(=O)c4c(C)noc4C)CC3)cc2=O)c1. The highest BCUT2D eigenvalue weighted by Gasteiger charge is 2.25. The van der Waals surface area contributed by atoms with Crippen molar-refractivity contribution in [2.24, 2.45) is 0 Å². The smallest absolute Gasteiger partial charge is 0.259 e. The molecule has 1 aromatic carbocycles.